The van der Waals surface area contributed by atoms with Crippen LogP contribution < -0.4 is 5.32 Å². The van der Waals surface area contributed by atoms with Crippen LogP contribution in [0.4, 0.5) is 0 Å². The van der Waals surface area contributed by atoms with Crippen molar-refractivity contribution >= 4 is 11.9 Å². The van der Waals surface area contributed by atoms with Gasteiger partial charge >= 0.3 is 5.97 Å². The lowest BCUT2D eigenvalue weighted by Gasteiger charge is -2.23. The van der Waals surface area contributed by atoms with Crippen LogP contribution in [0.15, 0.2) is 24.3 Å². The second-order valence-corrected chi connectivity index (χ2v) is 6.76. The van der Waals surface area contributed by atoms with Gasteiger partial charge in [-0.15, -0.1) is 0 Å². The normalized spacial score (nSPS) is 22.7. The number of likely N-dealkylation sites (tertiary alicyclic amines) is 1. The van der Waals surface area contributed by atoms with Gasteiger partial charge in [0.25, 0.3) is 0 Å². The first-order chi connectivity index (χ1) is 11.0. The zero-order valence-corrected chi connectivity index (χ0v) is 13.5. The summed E-state index contributed by atoms with van der Waals surface area (Å²) in [4.78, 5) is 25.4. The summed E-state index contributed by atoms with van der Waals surface area (Å²) >= 11 is 0. The number of aliphatic carboxylic acids is 1. The van der Waals surface area contributed by atoms with Crippen LogP contribution in [-0.2, 0) is 9.59 Å². The van der Waals surface area contributed by atoms with Gasteiger partial charge in [-0.05, 0) is 50.6 Å². The summed E-state index contributed by atoms with van der Waals surface area (Å²) in [5.41, 5.74) is 2.35. The van der Waals surface area contributed by atoms with Crippen LogP contribution in [0.2, 0.25) is 0 Å². The second-order valence-electron chi connectivity index (χ2n) is 6.76. The lowest BCUT2D eigenvalue weighted by atomic mass is 10.0. The number of carbonyl (C=O) groups excluding carboxylic acids is 1. The standard InChI is InChI=1S/C18H24N2O3/c1-12-4-6-13(7-5-12)17(14-8-9-14)19-16(21)11-20-10-2-3-15(20)18(22)23/h4-7,14-15,17H,2-3,8-11H2,1H3,(H,19,21)(H,22,23)/t15-,17?/m1/s1. The molecule has 1 aromatic carbocycles. The van der Waals surface area contributed by atoms with Crippen LogP contribution >= 0.6 is 0 Å². The van der Waals surface area contributed by atoms with Crippen LogP contribution in [0, 0.1) is 12.8 Å². The molecule has 1 aliphatic heterocycles. The minimum absolute atomic E-state index is 0.0500. The summed E-state index contributed by atoms with van der Waals surface area (Å²) in [5.74, 6) is -0.390. The third-order valence-corrected chi connectivity index (χ3v) is 4.84. The van der Waals surface area contributed by atoms with Crippen LogP contribution in [0.1, 0.15) is 42.9 Å². The summed E-state index contributed by atoms with van der Waals surface area (Å²) in [7, 11) is 0. The predicted octanol–water partition coefficient (Wildman–Crippen LogP) is 2.11. The Balaban J connectivity index is 1.63. The van der Waals surface area contributed by atoms with E-state index in [1.807, 2.05) is 6.92 Å². The Hall–Kier alpha value is -1.88. The first kappa shape index (κ1) is 16.0. The number of amides is 1. The van der Waals surface area contributed by atoms with Crippen molar-refractivity contribution in [1.29, 1.82) is 0 Å². The molecule has 0 spiro atoms. The maximum atomic E-state index is 12.4. The molecule has 23 heavy (non-hydrogen) atoms. The topological polar surface area (TPSA) is 69.6 Å². The average Bonchev–Trinajstić information content (AvgIpc) is 3.25. The molecular weight excluding hydrogens is 292 g/mol. The lowest BCUT2D eigenvalue weighted by molar-refractivity contribution is -0.142. The van der Waals surface area contributed by atoms with Crippen molar-refractivity contribution in [3.05, 3.63) is 35.4 Å². The Morgan fingerprint density at radius 1 is 1.26 bits per heavy atom. The van der Waals surface area contributed by atoms with Crippen molar-refractivity contribution in [3.63, 3.8) is 0 Å². The maximum absolute atomic E-state index is 12.4. The fourth-order valence-corrected chi connectivity index (χ4v) is 3.38. The molecular formula is C18H24N2O3. The molecule has 1 heterocycles. The Morgan fingerprint density at radius 3 is 2.57 bits per heavy atom. The number of carboxylic acid groups (broad SMARTS) is 1. The minimum atomic E-state index is -0.826. The molecule has 0 radical (unpaired) electrons. The SMILES string of the molecule is Cc1ccc(C(NC(=O)CN2CCC[C@@H]2C(=O)O)C2CC2)cc1. The number of aryl methyl sites for hydroxylation is 1. The third-order valence-electron chi connectivity index (χ3n) is 4.84. The molecule has 3 rings (SSSR count). The van der Waals surface area contributed by atoms with Gasteiger partial charge in [0.05, 0.1) is 12.6 Å². The Kier molecular flexibility index (Phi) is 4.66. The van der Waals surface area contributed by atoms with Gasteiger partial charge in [0.15, 0.2) is 0 Å². The largest absolute Gasteiger partial charge is 0.480 e. The van der Waals surface area contributed by atoms with Gasteiger partial charge in [0.1, 0.15) is 6.04 Å². The molecule has 5 heteroatoms. The monoisotopic (exact) mass is 316 g/mol. The van der Waals surface area contributed by atoms with E-state index in [0.29, 0.717) is 18.9 Å². The van der Waals surface area contributed by atoms with Crippen molar-refractivity contribution in [1.82, 2.24) is 10.2 Å². The lowest BCUT2D eigenvalue weighted by Crippen LogP contribution is -2.44. The number of nitrogens with zero attached hydrogens (tertiary/aromatic N) is 1. The molecule has 2 atom stereocenters. The molecule has 1 aliphatic carbocycles. The average molecular weight is 316 g/mol. The molecule has 1 aromatic rings. The van der Waals surface area contributed by atoms with Crippen LogP contribution in [0.5, 0.6) is 0 Å². The molecule has 0 aromatic heterocycles. The van der Waals surface area contributed by atoms with E-state index < -0.39 is 12.0 Å². The van der Waals surface area contributed by atoms with Gasteiger partial charge in [0, 0.05) is 0 Å². The molecule has 1 unspecified atom stereocenters. The second kappa shape index (κ2) is 6.71. The van der Waals surface area contributed by atoms with Crippen molar-refractivity contribution in [2.75, 3.05) is 13.1 Å². The van der Waals surface area contributed by atoms with Crippen LogP contribution in [0.25, 0.3) is 0 Å². The molecule has 124 valence electrons. The van der Waals surface area contributed by atoms with Crippen molar-refractivity contribution < 1.29 is 14.7 Å². The van der Waals surface area contributed by atoms with Gasteiger partial charge in [-0.3, -0.25) is 14.5 Å². The van der Waals surface area contributed by atoms with Gasteiger partial charge in [0.2, 0.25) is 5.91 Å². The highest BCUT2D eigenvalue weighted by Gasteiger charge is 2.35. The van der Waals surface area contributed by atoms with Crippen molar-refractivity contribution in [2.24, 2.45) is 5.92 Å². The molecule has 1 saturated carbocycles. The molecule has 5 nitrogen and oxygen atoms in total. The number of carbonyl (C=O) groups is 2. The first-order valence-electron chi connectivity index (χ1n) is 8.37. The van der Waals surface area contributed by atoms with E-state index in [4.69, 9.17) is 0 Å². The van der Waals surface area contributed by atoms with E-state index in [1.165, 1.54) is 5.56 Å². The first-order valence-corrected chi connectivity index (χ1v) is 8.37. The number of hydrogen-bond acceptors (Lipinski definition) is 3. The minimum Gasteiger partial charge on any atom is -0.480 e. The molecule has 1 amide bonds. The molecule has 0 bridgehead atoms. The van der Waals surface area contributed by atoms with E-state index in [0.717, 1.165) is 24.8 Å². The van der Waals surface area contributed by atoms with Gasteiger partial charge in [-0.1, -0.05) is 29.8 Å². The zero-order chi connectivity index (χ0) is 16.4. The number of hydrogen-bond donors (Lipinski definition) is 2. The van der Waals surface area contributed by atoms with E-state index in [2.05, 4.69) is 29.6 Å². The Bertz CT molecular complexity index is 580. The maximum Gasteiger partial charge on any atom is 0.320 e. The number of nitrogens with one attached hydrogen (secondary N) is 1. The fourth-order valence-electron chi connectivity index (χ4n) is 3.38. The van der Waals surface area contributed by atoms with Gasteiger partial charge in [-0.2, -0.15) is 0 Å². The Morgan fingerprint density at radius 2 is 1.96 bits per heavy atom. The zero-order valence-electron chi connectivity index (χ0n) is 13.5. The predicted molar refractivity (Wildman–Crippen MR) is 87.0 cm³/mol. The van der Waals surface area contributed by atoms with Gasteiger partial charge in [-0.25, -0.2) is 0 Å². The van der Waals surface area contributed by atoms with E-state index in [1.54, 1.807) is 4.90 Å². The number of benzene rings is 1. The summed E-state index contributed by atoms with van der Waals surface area (Å²) in [5, 5.41) is 12.3. The van der Waals surface area contributed by atoms with E-state index in [9.17, 15) is 14.7 Å². The van der Waals surface area contributed by atoms with E-state index >= 15 is 0 Å². The van der Waals surface area contributed by atoms with Crippen molar-refractivity contribution in [2.45, 2.75) is 44.7 Å². The van der Waals surface area contributed by atoms with E-state index in [-0.39, 0.29) is 18.5 Å². The molecule has 2 aliphatic rings. The molecule has 2 fully saturated rings. The highest BCUT2D eigenvalue weighted by atomic mass is 16.4. The van der Waals surface area contributed by atoms with Crippen LogP contribution in [-0.4, -0.2) is 41.0 Å². The molecule has 1 saturated heterocycles. The summed E-state index contributed by atoms with van der Waals surface area (Å²) in [6.07, 6.45) is 3.75. The van der Waals surface area contributed by atoms with Crippen LogP contribution in [0.3, 0.4) is 0 Å². The number of carboxylic acids is 1. The highest BCUT2D eigenvalue weighted by molar-refractivity contribution is 5.80. The highest BCUT2D eigenvalue weighted by Crippen LogP contribution is 2.41. The quantitative estimate of drug-likeness (QED) is 0.843. The molecule has 2 N–H and O–H groups in total. The number of rotatable bonds is 6. The summed E-state index contributed by atoms with van der Waals surface area (Å²) < 4.78 is 0. The Labute approximate surface area is 136 Å². The third kappa shape index (κ3) is 3.91. The van der Waals surface area contributed by atoms with Crippen molar-refractivity contribution in [3.8, 4) is 0 Å². The summed E-state index contributed by atoms with van der Waals surface area (Å²) in [6, 6.07) is 7.83. The van der Waals surface area contributed by atoms with Gasteiger partial charge < -0.3 is 10.4 Å². The summed E-state index contributed by atoms with van der Waals surface area (Å²) in [6.45, 7) is 2.91. The smallest absolute Gasteiger partial charge is 0.320 e. The fraction of sp³-hybridized carbons (Fsp3) is 0.556.